The average molecular weight is 403 g/mol. The molecule has 1 heterocycles. The SMILES string of the molecule is C[C@H](OC(=O)c1ccc(CN2CCOCC2)cc1)C(=O)NC(=O)NC1CCCC1. The average Bonchev–Trinajstić information content (AvgIpc) is 3.22. The summed E-state index contributed by atoms with van der Waals surface area (Å²) in [6, 6.07) is 6.71. The van der Waals surface area contributed by atoms with Gasteiger partial charge in [-0.15, -0.1) is 0 Å². The van der Waals surface area contributed by atoms with Crippen LogP contribution in [0.25, 0.3) is 0 Å². The largest absolute Gasteiger partial charge is 0.449 e. The third kappa shape index (κ3) is 6.54. The zero-order chi connectivity index (χ0) is 20.6. The molecule has 2 aliphatic rings. The Morgan fingerprint density at radius 1 is 1.14 bits per heavy atom. The number of morpholine rings is 1. The van der Waals surface area contributed by atoms with Crippen LogP contribution in [0.15, 0.2) is 24.3 Å². The van der Waals surface area contributed by atoms with E-state index in [-0.39, 0.29) is 6.04 Å². The molecule has 0 aromatic heterocycles. The molecule has 29 heavy (non-hydrogen) atoms. The van der Waals surface area contributed by atoms with Gasteiger partial charge in [-0.25, -0.2) is 9.59 Å². The fraction of sp³-hybridized carbons (Fsp3) is 0.571. The molecule has 2 fully saturated rings. The number of benzene rings is 1. The van der Waals surface area contributed by atoms with E-state index in [1.54, 1.807) is 12.1 Å². The Morgan fingerprint density at radius 2 is 1.79 bits per heavy atom. The smallest absolute Gasteiger partial charge is 0.338 e. The van der Waals surface area contributed by atoms with E-state index >= 15 is 0 Å². The van der Waals surface area contributed by atoms with Gasteiger partial charge in [-0.3, -0.25) is 15.0 Å². The van der Waals surface area contributed by atoms with Gasteiger partial charge >= 0.3 is 12.0 Å². The van der Waals surface area contributed by atoms with Crippen LogP contribution in [0, 0.1) is 0 Å². The first-order chi connectivity index (χ1) is 14.0. The molecular weight excluding hydrogens is 374 g/mol. The van der Waals surface area contributed by atoms with Crippen molar-refractivity contribution in [2.45, 2.75) is 51.3 Å². The van der Waals surface area contributed by atoms with Crippen LogP contribution in [-0.2, 0) is 20.8 Å². The lowest BCUT2D eigenvalue weighted by atomic mass is 10.1. The number of urea groups is 1. The van der Waals surface area contributed by atoms with E-state index in [4.69, 9.17) is 9.47 Å². The highest BCUT2D eigenvalue weighted by molar-refractivity contribution is 5.98. The molecule has 0 unspecified atom stereocenters. The van der Waals surface area contributed by atoms with Crippen molar-refractivity contribution in [1.29, 1.82) is 0 Å². The lowest BCUT2D eigenvalue weighted by molar-refractivity contribution is -0.127. The second-order valence-electron chi connectivity index (χ2n) is 7.58. The second-order valence-corrected chi connectivity index (χ2v) is 7.58. The van der Waals surface area contributed by atoms with Crippen LogP contribution in [0.1, 0.15) is 48.5 Å². The molecule has 1 aromatic rings. The maximum absolute atomic E-state index is 12.3. The molecule has 0 radical (unpaired) electrons. The highest BCUT2D eigenvalue weighted by Gasteiger charge is 2.23. The van der Waals surface area contributed by atoms with Crippen molar-refractivity contribution in [1.82, 2.24) is 15.5 Å². The maximum Gasteiger partial charge on any atom is 0.338 e. The van der Waals surface area contributed by atoms with Crippen LogP contribution in [-0.4, -0.2) is 61.3 Å². The number of hydrogen-bond acceptors (Lipinski definition) is 6. The third-order valence-corrected chi connectivity index (χ3v) is 5.28. The third-order valence-electron chi connectivity index (χ3n) is 5.28. The zero-order valence-corrected chi connectivity index (χ0v) is 16.8. The highest BCUT2D eigenvalue weighted by Crippen LogP contribution is 2.17. The molecule has 1 saturated carbocycles. The molecule has 0 bridgehead atoms. The number of ether oxygens (including phenoxy) is 2. The number of esters is 1. The molecule has 0 spiro atoms. The summed E-state index contributed by atoms with van der Waals surface area (Å²) >= 11 is 0. The van der Waals surface area contributed by atoms with Gasteiger partial charge in [-0.05, 0) is 37.5 Å². The van der Waals surface area contributed by atoms with Crippen LogP contribution in [0.3, 0.4) is 0 Å². The van der Waals surface area contributed by atoms with Crippen molar-refractivity contribution in [3.05, 3.63) is 35.4 Å². The van der Waals surface area contributed by atoms with E-state index < -0.39 is 24.0 Å². The summed E-state index contributed by atoms with van der Waals surface area (Å²) in [7, 11) is 0. The molecule has 2 N–H and O–H groups in total. The van der Waals surface area contributed by atoms with Crippen molar-refractivity contribution in [3.8, 4) is 0 Å². The van der Waals surface area contributed by atoms with Crippen LogP contribution >= 0.6 is 0 Å². The molecule has 1 saturated heterocycles. The fourth-order valence-electron chi connectivity index (χ4n) is 3.55. The van der Waals surface area contributed by atoms with Gasteiger partial charge in [0.05, 0.1) is 18.8 Å². The molecule has 8 heteroatoms. The highest BCUT2D eigenvalue weighted by atomic mass is 16.5. The van der Waals surface area contributed by atoms with E-state index in [0.29, 0.717) is 5.56 Å². The molecule has 8 nitrogen and oxygen atoms in total. The summed E-state index contributed by atoms with van der Waals surface area (Å²) in [6.45, 7) is 5.51. The molecule has 3 amide bonds. The summed E-state index contributed by atoms with van der Waals surface area (Å²) in [5.74, 6) is -1.24. The van der Waals surface area contributed by atoms with E-state index in [1.807, 2.05) is 12.1 Å². The quantitative estimate of drug-likeness (QED) is 0.704. The predicted molar refractivity (Wildman–Crippen MR) is 106 cm³/mol. The normalized spacial score (nSPS) is 18.8. The Kier molecular flexibility index (Phi) is 7.60. The fourth-order valence-corrected chi connectivity index (χ4v) is 3.55. The second kappa shape index (κ2) is 10.4. The molecular formula is C21H29N3O5. The Morgan fingerprint density at radius 3 is 2.45 bits per heavy atom. The molecule has 158 valence electrons. The monoisotopic (exact) mass is 403 g/mol. The number of imide groups is 1. The van der Waals surface area contributed by atoms with E-state index in [2.05, 4.69) is 15.5 Å². The van der Waals surface area contributed by atoms with E-state index in [1.165, 1.54) is 6.92 Å². The number of rotatable bonds is 6. The minimum absolute atomic E-state index is 0.108. The van der Waals surface area contributed by atoms with Gasteiger partial charge in [0.2, 0.25) is 0 Å². The van der Waals surface area contributed by atoms with Gasteiger partial charge in [-0.2, -0.15) is 0 Å². The summed E-state index contributed by atoms with van der Waals surface area (Å²) in [4.78, 5) is 38.6. The van der Waals surface area contributed by atoms with Gasteiger partial charge in [-0.1, -0.05) is 25.0 Å². The van der Waals surface area contributed by atoms with Gasteiger partial charge in [0.15, 0.2) is 6.10 Å². The summed E-state index contributed by atoms with van der Waals surface area (Å²) in [5.41, 5.74) is 1.46. The molecule has 3 rings (SSSR count). The van der Waals surface area contributed by atoms with Crippen LogP contribution in [0.4, 0.5) is 4.79 Å². The first kappa shape index (κ1) is 21.3. The Balaban J connectivity index is 1.44. The topological polar surface area (TPSA) is 97.0 Å². The first-order valence-electron chi connectivity index (χ1n) is 10.2. The van der Waals surface area contributed by atoms with Crippen molar-refractivity contribution >= 4 is 17.9 Å². The molecule has 1 atom stereocenters. The number of carbonyl (C=O) groups excluding carboxylic acids is 3. The van der Waals surface area contributed by atoms with Crippen molar-refractivity contribution in [2.75, 3.05) is 26.3 Å². The van der Waals surface area contributed by atoms with Gasteiger partial charge in [0.25, 0.3) is 5.91 Å². The lowest BCUT2D eigenvalue weighted by Crippen LogP contribution is -2.47. The Hall–Kier alpha value is -2.45. The number of hydrogen-bond donors (Lipinski definition) is 2. The Bertz CT molecular complexity index is 710. The van der Waals surface area contributed by atoms with Gasteiger partial charge in [0, 0.05) is 25.7 Å². The maximum atomic E-state index is 12.3. The predicted octanol–water partition coefficient (Wildman–Crippen LogP) is 1.83. The standard InChI is InChI=1S/C21H29N3O5/c1-15(19(25)23-21(27)22-18-4-2-3-5-18)29-20(26)17-8-6-16(7-9-17)14-24-10-12-28-13-11-24/h6-9,15,18H,2-5,10-14H2,1H3,(H2,22,23,25,27)/t15-/m0/s1. The molecule has 1 aliphatic heterocycles. The van der Waals surface area contributed by atoms with Crippen LogP contribution in [0.5, 0.6) is 0 Å². The van der Waals surface area contributed by atoms with Crippen molar-refractivity contribution < 1.29 is 23.9 Å². The number of amides is 3. The zero-order valence-electron chi connectivity index (χ0n) is 16.8. The minimum Gasteiger partial charge on any atom is -0.449 e. The summed E-state index contributed by atoms with van der Waals surface area (Å²) < 4.78 is 10.5. The van der Waals surface area contributed by atoms with Crippen molar-refractivity contribution in [2.24, 2.45) is 0 Å². The summed E-state index contributed by atoms with van der Waals surface area (Å²) in [5, 5.41) is 5.00. The number of carbonyl (C=O) groups is 3. The van der Waals surface area contributed by atoms with Gasteiger partial charge < -0.3 is 14.8 Å². The lowest BCUT2D eigenvalue weighted by Gasteiger charge is -2.26. The van der Waals surface area contributed by atoms with Gasteiger partial charge in [0.1, 0.15) is 0 Å². The molecule has 1 aromatic carbocycles. The first-order valence-corrected chi connectivity index (χ1v) is 10.2. The Labute approximate surface area is 170 Å². The van der Waals surface area contributed by atoms with E-state index in [0.717, 1.165) is 64.1 Å². The minimum atomic E-state index is -1.06. The van der Waals surface area contributed by atoms with Crippen molar-refractivity contribution in [3.63, 3.8) is 0 Å². The summed E-state index contributed by atoms with van der Waals surface area (Å²) in [6.07, 6.45) is 2.95. The number of nitrogens with one attached hydrogen (secondary N) is 2. The van der Waals surface area contributed by atoms with Crippen LogP contribution in [0.2, 0.25) is 0 Å². The van der Waals surface area contributed by atoms with Crippen LogP contribution < -0.4 is 10.6 Å². The van der Waals surface area contributed by atoms with E-state index in [9.17, 15) is 14.4 Å². The number of nitrogens with zero attached hydrogens (tertiary/aromatic N) is 1. The molecule has 1 aliphatic carbocycles.